The first-order valence-electron chi connectivity index (χ1n) is 5.12. The van der Waals surface area contributed by atoms with E-state index < -0.39 is 0 Å². The summed E-state index contributed by atoms with van der Waals surface area (Å²) in [6, 6.07) is 1.33. The number of morpholine rings is 1. The van der Waals surface area contributed by atoms with Crippen molar-refractivity contribution < 1.29 is 4.74 Å². The minimum Gasteiger partial charge on any atom is -0.375 e. The van der Waals surface area contributed by atoms with Crippen LogP contribution in [-0.2, 0) is 4.74 Å². The van der Waals surface area contributed by atoms with Gasteiger partial charge >= 0.3 is 0 Å². The molecule has 0 N–H and O–H groups in total. The Morgan fingerprint density at radius 1 is 1.25 bits per heavy atom. The van der Waals surface area contributed by atoms with Gasteiger partial charge in [-0.2, -0.15) is 0 Å². The van der Waals surface area contributed by atoms with Gasteiger partial charge in [-0.1, -0.05) is 12.8 Å². The maximum atomic E-state index is 5.82. The van der Waals surface area contributed by atoms with Crippen LogP contribution >= 0.6 is 0 Å². The first kappa shape index (κ1) is 8.52. The Bertz CT molecular complexity index is 158. The van der Waals surface area contributed by atoms with E-state index >= 15 is 0 Å². The van der Waals surface area contributed by atoms with E-state index in [1.807, 2.05) is 0 Å². The van der Waals surface area contributed by atoms with Gasteiger partial charge in [-0.3, -0.25) is 4.90 Å². The highest BCUT2D eigenvalue weighted by Gasteiger charge is 2.35. The SMILES string of the molecule is C[C@@H]1CO[C@@H]2CCCC[C@@H]2N1C. The second-order valence-corrected chi connectivity index (χ2v) is 4.24. The van der Waals surface area contributed by atoms with Crippen LogP contribution in [0.1, 0.15) is 32.6 Å². The molecule has 2 rings (SSSR count). The lowest BCUT2D eigenvalue weighted by molar-refractivity contribution is -0.104. The summed E-state index contributed by atoms with van der Waals surface area (Å²) in [6.07, 6.45) is 5.91. The molecule has 70 valence electrons. The van der Waals surface area contributed by atoms with Crippen LogP contribution in [0.3, 0.4) is 0 Å². The first-order chi connectivity index (χ1) is 5.79. The maximum Gasteiger partial charge on any atom is 0.0731 e. The second kappa shape index (κ2) is 3.35. The van der Waals surface area contributed by atoms with Crippen molar-refractivity contribution in [2.45, 2.75) is 50.8 Å². The number of ether oxygens (including phenoxy) is 1. The highest BCUT2D eigenvalue weighted by Crippen LogP contribution is 2.29. The highest BCUT2D eigenvalue weighted by atomic mass is 16.5. The number of rotatable bonds is 0. The zero-order valence-corrected chi connectivity index (χ0v) is 8.12. The minimum absolute atomic E-state index is 0.542. The monoisotopic (exact) mass is 169 g/mol. The normalized spacial score (nSPS) is 44.0. The van der Waals surface area contributed by atoms with E-state index in [2.05, 4.69) is 18.9 Å². The van der Waals surface area contributed by atoms with Gasteiger partial charge in [0.05, 0.1) is 12.7 Å². The molecule has 2 fully saturated rings. The van der Waals surface area contributed by atoms with E-state index in [1.54, 1.807) is 0 Å². The summed E-state index contributed by atoms with van der Waals surface area (Å²) in [5.74, 6) is 0. The molecule has 1 saturated carbocycles. The topological polar surface area (TPSA) is 12.5 Å². The van der Waals surface area contributed by atoms with Crippen LogP contribution in [0.25, 0.3) is 0 Å². The number of likely N-dealkylation sites (N-methyl/N-ethyl adjacent to an activating group) is 1. The zero-order valence-electron chi connectivity index (χ0n) is 8.12. The Morgan fingerprint density at radius 3 is 2.83 bits per heavy atom. The molecule has 0 spiro atoms. The van der Waals surface area contributed by atoms with Crippen LogP contribution in [0.4, 0.5) is 0 Å². The van der Waals surface area contributed by atoms with Crippen molar-refractivity contribution >= 4 is 0 Å². The van der Waals surface area contributed by atoms with E-state index in [0.717, 1.165) is 6.61 Å². The lowest BCUT2D eigenvalue weighted by Gasteiger charge is -2.45. The molecule has 2 heteroatoms. The van der Waals surface area contributed by atoms with Gasteiger partial charge < -0.3 is 4.74 Å². The van der Waals surface area contributed by atoms with Crippen LogP contribution in [0.2, 0.25) is 0 Å². The average molecular weight is 169 g/mol. The van der Waals surface area contributed by atoms with Crippen molar-refractivity contribution in [1.82, 2.24) is 4.90 Å². The van der Waals surface area contributed by atoms with Crippen molar-refractivity contribution in [2.24, 2.45) is 0 Å². The summed E-state index contributed by atoms with van der Waals surface area (Å²) in [5.41, 5.74) is 0. The molecule has 1 aliphatic heterocycles. The van der Waals surface area contributed by atoms with E-state index in [-0.39, 0.29) is 0 Å². The van der Waals surface area contributed by atoms with Crippen molar-refractivity contribution in [3.63, 3.8) is 0 Å². The lowest BCUT2D eigenvalue weighted by atomic mass is 9.89. The van der Waals surface area contributed by atoms with Gasteiger partial charge in [-0.25, -0.2) is 0 Å². The van der Waals surface area contributed by atoms with E-state index in [0.29, 0.717) is 18.2 Å². The molecule has 0 unspecified atom stereocenters. The number of nitrogens with zero attached hydrogens (tertiary/aromatic N) is 1. The molecule has 0 aromatic rings. The molecule has 0 bridgehead atoms. The summed E-state index contributed by atoms with van der Waals surface area (Å²) < 4.78 is 5.82. The zero-order chi connectivity index (χ0) is 8.55. The van der Waals surface area contributed by atoms with Gasteiger partial charge in [0.2, 0.25) is 0 Å². The van der Waals surface area contributed by atoms with Crippen molar-refractivity contribution in [1.29, 1.82) is 0 Å². The van der Waals surface area contributed by atoms with E-state index in [4.69, 9.17) is 4.74 Å². The van der Waals surface area contributed by atoms with Crippen LogP contribution in [0, 0.1) is 0 Å². The molecule has 3 atom stereocenters. The van der Waals surface area contributed by atoms with Gasteiger partial charge in [0.25, 0.3) is 0 Å². The fourth-order valence-corrected chi connectivity index (χ4v) is 2.44. The summed E-state index contributed by atoms with van der Waals surface area (Å²) in [4.78, 5) is 2.51. The van der Waals surface area contributed by atoms with E-state index in [9.17, 15) is 0 Å². The average Bonchev–Trinajstić information content (AvgIpc) is 2.12. The molecule has 2 aliphatic rings. The first-order valence-corrected chi connectivity index (χ1v) is 5.12. The van der Waals surface area contributed by atoms with Crippen molar-refractivity contribution in [3.8, 4) is 0 Å². The Kier molecular flexibility index (Phi) is 2.37. The Hall–Kier alpha value is -0.0800. The summed E-state index contributed by atoms with van der Waals surface area (Å²) >= 11 is 0. The highest BCUT2D eigenvalue weighted by molar-refractivity contribution is 4.88. The summed E-state index contributed by atoms with van der Waals surface area (Å²) in [5, 5.41) is 0. The molecule has 0 aromatic heterocycles. The maximum absolute atomic E-state index is 5.82. The molecule has 0 radical (unpaired) electrons. The van der Waals surface area contributed by atoms with Crippen LogP contribution in [-0.4, -0.2) is 36.7 Å². The van der Waals surface area contributed by atoms with Gasteiger partial charge in [-0.15, -0.1) is 0 Å². The fourth-order valence-electron chi connectivity index (χ4n) is 2.44. The van der Waals surface area contributed by atoms with Crippen LogP contribution in [0.15, 0.2) is 0 Å². The summed E-state index contributed by atoms with van der Waals surface area (Å²) in [7, 11) is 2.25. The third kappa shape index (κ3) is 1.38. The molecular weight excluding hydrogens is 150 g/mol. The van der Waals surface area contributed by atoms with Crippen molar-refractivity contribution in [3.05, 3.63) is 0 Å². The van der Waals surface area contributed by atoms with Gasteiger partial charge in [0, 0.05) is 12.1 Å². The predicted molar refractivity (Wildman–Crippen MR) is 49.2 cm³/mol. The Balaban J connectivity index is 2.03. The molecule has 1 heterocycles. The third-order valence-corrected chi connectivity index (χ3v) is 3.44. The Morgan fingerprint density at radius 2 is 2.00 bits per heavy atom. The smallest absolute Gasteiger partial charge is 0.0731 e. The van der Waals surface area contributed by atoms with Gasteiger partial charge in [0.15, 0.2) is 0 Å². The third-order valence-electron chi connectivity index (χ3n) is 3.44. The largest absolute Gasteiger partial charge is 0.375 e. The molecule has 12 heavy (non-hydrogen) atoms. The second-order valence-electron chi connectivity index (χ2n) is 4.24. The standard InChI is InChI=1S/C10H19NO/c1-8-7-12-10-6-4-3-5-9(10)11(8)2/h8-10H,3-7H2,1-2H3/t8-,9+,10-/m1/s1. The Labute approximate surface area is 74.9 Å². The van der Waals surface area contributed by atoms with Crippen LogP contribution in [0.5, 0.6) is 0 Å². The molecule has 1 aliphatic carbocycles. The molecule has 0 amide bonds. The quantitative estimate of drug-likeness (QED) is 0.546. The molecule has 2 nitrogen and oxygen atoms in total. The van der Waals surface area contributed by atoms with Crippen LogP contribution < -0.4 is 0 Å². The van der Waals surface area contributed by atoms with Gasteiger partial charge in [-0.05, 0) is 26.8 Å². The summed E-state index contributed by atoms with van der Waals surface area (Å²) in [6.45, 7) is 3.18. The fraction of sp³-hybridized carbons (Fsp3) is 1.00. The lowest BCUT2D eigenvalue weighted by Crippen LogP contribution is -2.54. The molecular formula is C10H19NO. The molecule has 0 aromatic carbocycles. The molecule has 1 saturated heterocycles. The number of fused-ring (bicyclic) bond motifs is 1. The van der Waals surface area contributed by atoms with E-state index in [1.165, 1.54) is 25.7 Å². The van der Waals surface area contributed by atoms with Crippen molar-refractivity contribution in [2.75, 3.05) is 13.7 Å². The predicted octanol–water partition coefficient (Wildman–Crippen LogP) is 1.65. The van der Waals surface area contributed by atoms with Gasteiger partial charge in [0.1, 0.15) is 0 Å². The number of hydrogen-bond acceptors (Lipinski definition) is 2. The number of hydrogen-bond donors (Lipinski definition) is 0. The minimum atomic E-state index is 0.542.